The molecule has 1 aromatic heterocycles. The van der Waals surface area contributed by atoms with Gasteiger partial charge in [0.25, 0.3) is 0 Å². The molecule has 0 fully saturated rings. The van der Waals surface area contributed by atoms with Crippen molar-refractivity contribution in [3.8, 4) is 5.75 Å². The van der Waals surface area contributed by atoms with E-state index in [2.05, 4.69) is 5.10 Å². The highest BCUT2D eigenvalue weighted by Gasteiger charge is 2.24. The molecule has 0 aliphatic carbocycles. The molecule has 82 valence electrons. The lowest BCUT2D eigenvalue weighted by Crippen LogP contribution is -2.23. The summed E-state index contributed by atoms with van der Waals surface area (Å²) < 4.78 is 5.87. The second-order valence-electron chi connectivity index (χ2n) is 2.81. The molecule has 1 rings (SSSR count). The van der Waals surface area contributed by atoms with Gasteiger partial charge in [-0.05, 0) is 11.8 Å². The maximum absolute atomic E-state index is 10.6. The predicted molar refractivity (Wildman–Crippen MR) is 47.6 cm³/mol. The van der Waals surface area contributed by atoms with Gasteiger partial charge in [0, 0.05) is 0 Å². The molecule has 0 bridgehead atoms. The van der Waals surface area contributed by atoms with Crippen molar-refractivity contribution in [3.63, 3.8) is 0 Å². The second kappa shape index (κ2) is 3.95. The van der Waals surface area contributed by atoms with Gasteiger partial charge in [-0.2, -0.15) is 0 Å². The van der Waals surface area contributed by atoms with Crippen LogP contribution in [0.2, 0.25) is 0 Å². The highest BCUT2D eigenvalue weighted by molar-refractivity contribution is 5.72. The molecule has 1 heterocycles. The zero-order valence-corrected chi connectivity index (χ0v) is 8.08. The van der Waals surface area contributed by atoms with Gasteiger partial charge in [-0.25, -0.2) is 4.79 Å². The Morgan fingerprint density at radius 3 is 2.87 bits per heavy atom. The molecule has 1 N–H and O–H groups in total. The maximum atomic E-state index is 10.6. The van der Waals surface area contributed by atoms with Gasteiger partial charge in [0.2, 0.25) is 5.75 Å². The van der Waals surface area contributed by atoms with Gasteiger partial charge in [-0.3, -0.25) is 0 Å². The number of carbonyl (C=O) groups is 1. The van der Waals surface area contributed by atoms with Crippen LogP contribution in [0.4, 0.5) is 5.82 Å². The average molecular weight is 215 g/mol. The molecule has 0 aliphatic rings. The standard InChI is InChI=1S/C7H9N3O5/c1-4(7(11)12)15-5-3-8-9(2)6(5)10(13)14/h3-4H,1-2H3,(H,11,12). The Balaban J connectivity index is 2.95. The number of carboxylic acids is 1. The minimum Gasteiger partial charge on any atom is -0.479 e. The van der Waals surface area contributed by atoms with E-state index in [0.29, 0.717) is 0 Å². The average Bonchev–Trinajstić information content (AvgIpc) is 2.46. The summed E-state index contributed by atoms with van der Waals surface area (Å²) in [7, 11) is 1.37. The molecule has 8 nitrogen and oxygen atoms in total. The fourth-order valence-electron chi connectivity index (χ4n) is 0.943. The van der Waals surface area contributed by atoms with Gasteiger partial charge in [-0.1, -0.05) is 5.10 Å². The monoisotopic (exact) mass is 215 g/mol. The van der Waals surface area contributed by atoms with Crippen molar-refractivity contribution < 1.29 is 19.6 Å². The number of aryl methyl sites for hydroxylation is 1. The third-order valence-corrected chi connectivity index (χ3v) is 1.70. The van der Waals surface area contributed by atoms with Crippen LogP contribution in [0.15, 0.2) is 6.20 Å². The summed E-state index contributed by atoms with van der Waals surface area (Å²) in [6.45, 7) is 1.28. The summed E-state index contributed by atoms with van der Waals surface area (Å²) in [5, 5.41) is 22.7. The lowest BCUT2D eigenvalue weighted by atomic mass is 10.4. The first kappa shape index (κ1) is 11.0. The number of hydrogen-bond donors (Lipinski definition) is 1. The smallest absolute Gasteiger partial charge is 0.387 e. The van der Waals surface area contributed by atoms with E-state index in [-0.39, 0.29) is 11.6 Å². The Kier molecular flexibility index (Phi) is 2.88. The van der Waals surface area contributed by atoms with E-state index < -0.39 is 17.0 Å². The van der Waals surface area contributed by atoms with E-state index in [1.54, 1.807) is 0 Å². The van der Waals surface area contributed by atoms with Crippen molar-refractivity contribution in [1.82, 2.24) is 9.78 Å². The van der Waals surface area contributed by atoms with Crippen LogP contribution in [0.3, 0.4) is 0 Å². The van der Waals surface area contributed by atoms with E-state index in [4.69, 9.17) is 9.84 Å². The van der Waals surface area contributed by atoms with E-state index >= 15 is 0 Å². The number of ether oxygens (including phenoxy) is 1. The van der Waals surface area contributed by atoms with E-state index in [1.807, 2.05) is 0 Å². The Bertz CT molecular complexity index is 399. The number of hydrogen-bond acceptors (Lipinski definition) is 5. The van der Waals surface area contributed by atoms with Crippen molar-refractivity contribution in [2.24, 2.45) is 7.05 Å². The van der Waals surface area contributed by atoms with Crippen molar-refractivity contribution in [1.29, 1.82) is 0 Å². The van der Waals surface area contributed by atoms with Crippen LogP contribution in [0.5, 0.6) is 5.75 Å². The van der Waals surface area contributed by atoms with Gasteiger partial charge in [-0.15, -0.1) is 4.68 Å². The van der Waals surface area contributed by atoms with Crippen LogP contribution in [0.1, 0.15) is 6.92 Å². The Hall–Kier alpha value is -2.12. The lowest BCUT2D eigenvalue weighted by Gasteiger charge is -2.07. The third kappa shape index (κ3) is 2.22. The molecule has 0 amide bonds. The van der Waals surface area contributed by atoms with Gasteiger partial charge >= 0.3 is 11.8 Å². The van der Waals surface area contributed by atoms with Gasteiger partial charge in [0.15, 0.2) is 6.10 Å². The lowest BCUT2D eigenvalue weighted by molar-refractivity contribution is -0.393. The summed E-state index contributed by atoms with van der Waals surface area (Å²) in [5.74, 6) is -1.73. The Morgan fingerprint density at radius 2 is 2.40 bits per heavy atom. The first-order chi connectivity index (χ1) is 6.93. The number of nitro groups is 1. The van der Waals surface area contributed by atoms with Crippen LogP contribution < -0.4 is 4.74 Å². The summed E-state index contributed by atoms with van der Waals surface area (Å²) >= 11 is 0. The second-order valence-corrected chi connectivity index (χ2v) is 2.81. The van der Waals surface area contributed by atoms with Crippen molar-refractivity contribution in [2.45, 2.75) is 13.0 Å². The van der Waals surface area contributed by atoms with Crippen LogP contribution in [0, 0.1) is 10.1 Å². The van der Waals surface area contributed by atoms with Crippen molar-refractivity contribution in [3.05, 3.63) is 16.3 Å². The molecule has 1 atom stereocenters. The van der Waals surface area contributed by atoms with Crippen LogP contribution in [-0.2, 0) is 11.8 Å². The number of aromatic nitrogens is 2. The quantitative estimate of drug-likeness (QED) is 0.567. The largest absolute Gasteiger partial charge is 0.479 e. The van der Waals surface area contributed by atoms with E-state index in [0.717, 1.165) is 10.9 Å². The molecule has 15 heavy (non-hydrogen) atoms. The van der Waals surface area contributed by atoms with Gasteiger partial charge < -0.3 is 20.0 Å². The summed E-state index contributed by atoms with van der Waals surface area (Å²) in [5.41, 5.74) is 0. The predicted octanol–water partition coefficient (Wildman–Crippen LogP) is 0.180. The normalized spacial score (nSPS) is 12.1. The molecule has 0 aliphatic heterocycles. The molecule has 0 spiro atoms. The van der Waals surface area contributed by atoms with Crippen LogP contribution in [0.25, 0.3) is 0 Å². The third-order valence-electron chi connectivity index (χ3n) is 1.70. The SMILES string of the molecule is CC(Oc1cnn(C)c1[N+](=O)[O-])C(=O)O. The first-order valence-corrected chi connectivity index (χ1v) is 3.99. The highest BCUT2D eigenvalue weighted by Crippen LogP contribution is 2.26. The van der Waals surface area contributed by atoms with E-state index in [9.17, 15) is 14.9 Å². The summed E-state index contributed by atoms with van der Waals surface area (Å²) in [4.78, 5) is 20.4. The molecular formula is C7H9N3O5. The minimum absolute atomic E-state index is 0.155. The zero-order chi connectivity index (χ0) is 11.6. The number of rotatable bonds is 4. The number of aliphatic carboxylic acids is 1. The van der Waals surface area contributed by atoms with Crippen molar-refractivity contribution >= 4 is 11.8 Å². The molecular weight excluding hydrogens is 206 g/mol. The molecule has 0 aromatic carbocycles. The van der Waals surface area contributed by atoms with E-state index in [1.165, 1.54) is 14.0 Å². The summed E-state index contributed by atoms with van der Waals surface area (Å²) in [6.07, 6.45) is -0.0506. The topological polar surface area (TPSA) is 107 Å². The highest BCUT2D eigenvalue weighted by atomic mass is 16.6. The molecule has 0 saturated carbocycles. The van der Waals surface area contributed by atoms with Crippen LogP contribution in [-0.4, -0.2) is 31.9 Å². The molecule has 8 heteroatoms. The zero-order valence-electron chi connectivity index (χ0n) is 8.08. The van der Waals surface area contributed by atoms with Crippen molar-refractivity contribution in [2.75, 3.05) is 0 Å². The van der Waals surface area contributed by atoms with Crippen LogP contribution >= 0.6 is 0 Å². The number of carboxylic acid groups (broad SMARTS) is 1. The number of nitrogens with zero attached hydrogens (tertiary/aromatic N) is 3. The molecule has 1 unspecified atom stereocenters. The molecule has 1 aromatic rings. The minimum atomic E-state index is -1.20. The Labute approximate surface area is 84.2 Å². The first-order valence-electron chi connectivity index (χ1n) is 3.99. The maximum Gasteiger partial charge on any atom is 0.387 e. The fraction of sp³-hybridized carbons (Fsp3) is 0.429. The fourth-order valence-corrected chi connectivity index (χ4v) is 0.943. The van der Waals surface area contributed by atoms with Gasteiger partial charge in [0.05, 0.1) is 0 Å². The Morgan fingerprint density at radius 1 is 1.80 bits per heavy atom. The van der Waals surface area contributed by atoms with Gasteiger partial charge in [0.1, 0.15) is 13.2 Å². The molecule has 0 radical (unpaired) electrons. The molecule has 0 saturated heterocycles. The summed E-state index contributed by atoms with van der Waals surface area (Å²) in [6, 6.07) is 0.